The molecule has 2 aromatic rings. The summed E-state index contributed by atoms with van der Waals surface area (Å²) in [6.45, 7) is 0.410. The standard InChI is InChI=1S/C15H13NO2/c17-11-5-7-13-6-1-2-9-15(13)18-12-14-8-3-4-10-16-14/h1-11H,12H2/b7-5+. The molecule has 0 spiro atoms. The van der Waals surface area contributed by atoms with E-state index in [1.54, 1.807) is 12.3 Å². The highest BCUT2D eigenvalue weighted by molar-refractivity contribution is 5.75. The first-order chi connectivity index (χ1) is 8.90. The van der Waals surface area contributed by atoms with E-state index in [0.717, 1.165) is 23.3 Å². The van der Waals surface area contributed by atoms with Gasteiger partial charge in [0.1, 0.15) is 18.6 Å². The van der Waals surface area contributed by atoms with Gasteiger partial charge in [-0.3, -0.25) is 9.78 Å². The van der Waals surface area contributed by atoms with E-state index in [-0.39, 0.29) is 0 Å². The molecule has 0 amide bonds. The Bertz CT molecular complexity index is 535. The lowest BCUT2D eigenvalue weighted by Crippen LogP contribution is -1.98. The summed E-state index contributed by atoms with van der Waals surface area (Å²) >= 11 is 0. The molecule has 1 heterocycles. The third kappa shape index (κ3) is 3.28. The van der Waals surface area contributed by atoms with E-state index < -0.39 is 0 Å². The van der Waals surface area contributed by atoms with Crippen LogP contribution in [0, 0.1) is 0 Å². The lowest BCUT2D eigenvalue weighted by molar-refractivity contribution is -0.104. The third-order valence-corrected chi connectivity index (χ3v) is 2.38. The highest BCUT2D eigenvalue weighted by Gasteiger charge is 2.00. The molecule has 0 fully saturated rings. The summed E-state index contributed by atoms with van der Waals surface area (Å²) in [7, 11) is 0. The molecule has 0 bridgehead atoms. The molecule has 0 saturated carbocycles. The van der Waals surface area contributed by atoms with Crippen LogP contribution >= 0.6 is 0 Å². The van der Waals surface area contributed by atoms with Crippen molar-refractivity contribution in [1.29, 1.82) is 0 Å². The van der Waals surface area contributed by atoms with Gasteiger partial charge in [0.2, 0.25) is 0 Å². The minimum atomic E-state index is 0.410. The maximum absolute atomic E-state index is 10.3. The fourth-order valence-corrected chi connectivity index (χ4v) is 1.53. The monoisotopic (exact) mass is 239 g/mol. The van der Waals surface area contributed by atoms with Gasteiger partial charge in [-0.15, -0.1) is 0 Å². The zero-order valence-electron chi connectivity index (χ0n) is 9.82. The lowest BCUT2D eigenvalue weighted by Gasteiger charge is -2.08. The molecule has 90 valence electrons. The molecule has 2 rings (SSSR count). The number of hydrogen-bond acceptors (Lipinski definition) is 3. The molecule has 1 aromatic carbocycles. The number of hydrogen-bond donors (Lipinski definition) is 0. The number of allylic oxidation sites excluding steroid dienone is 1. The van der Waals surface area contributed by atoms with Gasteiger partial charge in [0.05, 0.1) is 5.69 Å². The SMILES string of the molecule is O=C/C=C/c1ccccc1OCc1ccccn1. The molecule has 0 aliphatic heterocycles. The third-order valence-electron chi connectivity index (χ3n) is 2.38. The van der Waals surface area contributed by atoms with Crippen molar-refractivity contribution in [2.45, 2.75) is 6.61 Å². The molecular weight excluding hydrogens is 226 g/mol. The first kappa shape index (κ1) is 12.0. The Morgan fingerprint density at radius 1 is 1.11 bits per heavy atom. The van der Waals surface area contributed by atoms with Crippen LogP contribution in [0.25, 0.3) is 6.08 Å². The number of benzene rings is 1. The highest BCUT2D eigenvalue weighted by atomic mass is 16.5. The molecule has 0 N–H and O–H groups in total. The minimum Gasteiger partial charge on any atom is -0.487 e. The van der Waals surface area contributed by atoms with Gasteiger partial charge < -0.3 is 4.74 Å². The number of ether oxygens (including phenoxy) is 1. The van der Waals surface area contributed by atoms with Crippen molar-refractivity contribution in [2.75, 3.05) is 0 Å². The Balaban J connectivity index is 2.09. The van der Waals surface area contributed by atoms with Crippen LogP contribution in [-0.2, 0) is 11.4 Å². The molecule has 0 aliphatic rings. The van der Waals surface area contributed by atoms with E-state index in [1.165, 1.54) is 6.08 Å². The lowest BCUT2D eigenvalue weighted by atomic mass is 10.2. The number of aromatic nitrogens is 1. The van der Waals surface area contributed by atoms with E-state index in [0.29, 0.717) is 6.61 Å². The summed E-state index contributed by atoms with van der Waals surface area (Å²) < 4.78 is 5.69. The Hall–Kier alpha value is -2.42. The number of nitrogens with zero attached hydrogens (tertiary/aromatic N) is 1. The molecule has 18 heavy (non-hydrogen) atoms. The van der Waals surface area contributed by atoms with Crippen molar-refractivity contribution in [3.8, 4) is 5.75 Å². The van der Waals surface area contributed by atoms with Crippen LogP contribution in [0.4, 0.5) is 0 Å². The van der Waals surface area contributed by atoms with Gasteiger partial charge in [-0.25, -0.2) is 0 Å². The average molecular weight is 239 g/mol. The van der Waals surface area contributed by atoms with E-state index >= 15 is 0 Å². The van der Waals surface area contributed by atoms with Crippen LogP contribution in [0.3, 0.4) is 0 Å². The van der Waals surface area contributed by atoms with Crippen LogP contribution in [0.15, 0.2) is 54.7 Å². The van der Waals surface area contributed by atoms with Gasteiger partial charge in [0.25, 0.3) is 0 Å². The smallest absolute Gasteiger partial charge is 0.142 e. The molecule has 1 aromatic heterocycles. The number of pyridine rings is 1. The summed E-state index contributed by atoms with van der Waals surface area (Å²) in [6.07, 6.45) is 5.65. The van der Waals surface area contributed by atoms with Crippen molar-refractivity contribution in [1.82, 2.24) is 4.98 Å². The summed E-state index contributed by atoms with van der Waals surface area (Å²) in [6, 6.07) is 13.3. The first-order valence-electron chi connectivity index (χ1n) is 5.64. The second-order valence-electron chi connectivity index (χ2n) is 3.64. The van der Waals surface area contributed by atoms with Gasteiger partial charge in [-0.05, 0) is 30.4 Å². The van der Waals surface area contributed by atoms with Crippen molar-refractivity contribution in [2.24, 2.45) is 0 Å². The summed E-state index contributed by atoms with van der Waals surface area (Å²) in [5.74, 6) is 0.737. The first-order valence-corrected chi connectivity index (χ1v) is 5.64. The zero-order valence-corrected chi connectivity index (χ0v) is 9.82. The largest absolute Gasteiger partial charge is 0.487 e. The molecule has 0 atom stereocenters. The van der Waals surface area contributed by atoms with E-state index in [2.05, 4.69) is 4.98 Å². The predicted octanol–water partition coefficient (Wildman–Crippen LogP) is 2.87. The second kappa shape index (κ2) is 6.35. The van der Waals surface area contributed by atoms with Crippen molar-refractivity contribution >= 4 is 12.4 Å². The van der Waals surface area contributed by atoms with Crippen LogP contribution in [0.2, 0.25) is 0 Å². The molecule has 0 aliphatic carbocycles. The topological polar surface area (TPSA) is 39.2 Å². The fraction of sp³-hybridized carbons (Fsp3) is 0.0667. The summed E-state index contributed by atoms with van der Waals surface area (Å²) in [4.78, 5) is 14.5. The normalized spacial score (nSPS) is 10.4. The molecule has 3 heteroatoms. The van der Waals surface area contributed by atoms with Gasteiger partial charge in [0.15, 0.2) is 0 Å². The molecule has 3 nitrogen and oxygen atoms in total. The molecule has 0 unspecified atom stereocenters. The highest BCUT2D eigenvalue weighted by Crippen LogP contribution is 2.20. The van der Waals surface area contributed by atoms with Gasteiger partial charge in [0, 0.05) is 11.8 Å². The van der Waals surface area contributed by atoms with Gasteiger partial charge >= 0.3 is 0 Å². The van der Waals surface area contributed by atoms with Gasteiger partial charge in [-0.1, -0.05) is 24.3 Å². The van der Waals surface area contributed by atoms with Crippen LogP contribution in [0.5, 0.6) is 5.75 Å². The molecule has 0 radical (unpaired) electrons. The Morgan fingerprint density at radius 2 is 1.94 bits per heavy atom. The number of para-hydroxylation sites is 1. The Kier molecular flexibility index (Phi) is 4.25. The molecule has 0 saturated heterocycles. The minimum absolute atomic E-state index is 0.410. The Labute approximate surface area is 106 Å². The van der Waals surface area contributed by atoms with Gasteiger partial charge in [-0.2, -0.15) is 0 Å². The fourth-order valence-electron chi connectivity index (χ4n) is 1.53. The summed E-state index contributed by atoms with van der Waals surface area (Å²) in [5.41, 5.74) is 1.74. The van der Waals surface area contributed by atoms with Crippen molar-refractivity contribution in [3.05, 3.63) is 66.0 Å². The van der Waals surface area contributed by atoms with Crippen molar-refractivity contribution < 1.29 is 9.53 Å². The zero-order chi connectivity index (χ0) is 12.6. The van der Waals surface area contributed by atoms with Crippen molar-refractivity contribution in [3.63, 3.8) is 0 Å². The second-order valence-corrected chi connectivity index (χ2v) is 3.64. The van der Waals surface area contributed by atoms with E-state index in [4.69, 9.17) is 4.74 Å². The Morgan fingerprint density at radius 3 is 2.72 bits per heavy atom. The maximum atomic E-state index is 10.3. The number of aldehydes is 1. The average Bonchev–Trinajstić information content (AvgIpc) is 2.45. The number of carbonyl (C=O) groups is 1. The quantitative estimate of drug-likeness (QED) is 0.595. The van der Waals surface area contributed by atoms with Crippen LogP contribution in [-0.4, -0.2) is 11.3 Å². The number of rotatable bonds is 5. The van der Waals surface area contributed by atoms with Crippen LogP contribution in [0.1, 0.15) is 11.3 Å². The van der Waals surface area contributed by atoms with Crippen LogP contribution < -0.4 is 4.74 Å². The van der Waals surface area contributed by atoms with E-state index in [1.807, 2.05) is 42.5 Å². The molecular formula is C15H13NO2. The maximum Gasteiger partial charge on any atom is 0.142 e. The predicted molar refractivity (Wildman–Crippen MR) is 70.1 cm³/mol. The van der Waals surface area contributed by atoms with E-state index in [9.17, 15) is 4.79 Å². The number of carbonyl (C=O) groups excluding carboxylic acids is 1. The summed E-state index contributed by atoms with van der Waals surface area (Å²) in [5, 5.41) is 0.